The number of aromatic nitrogens is 4. The van der Waals surface area contributed by atoms with Gasteiger partial charge in [-0.1, -0.05) is 0 Å². The van der Waals surface area contributed by atoms with Crippen LogP contribution < -0.4 is 5.56 Å². The molecule has 1 saturated heterocycles. The van der Waals surface area contributed by atoms with Crippen molar-refractivity contribution in [3.63, 3.8) is 0 Å². The molecular weight excluding hydrogens is 395 g/mol. The zero-order valence-corrected chi connectivity index (χ0v) is 15.6. The number of nitrogens with zero attached hydrogens (tertiary/aromatic N) is 3. The first kappa shape index (κ1) is 20.4. The highest BCUT2D eigenvalue weighted by atomic mass is 19.1. The number of carbonyl (C=O) groups excluding carboxylic acids is 3. The zero-order chi connectivity index (χ0) is 21.3. The topological polar surface area (TPSA) is 152 Å². The minimum Gasteiger partial charge on any atom is -0.463 e. The summed E-state index contributed by atoms with van der Waals surface area (Å²) in [5.74, 6) is -2.12. The molecule has 3 heterocycles. The number of H-pyrrole nitrogens is 1. The van der Waals surface area contributed by atoms with Crippen molar-refractivity contribution in [1.29, 1.82) is 0 Å². The number of ether oxygens (including phenoxy) is 4. The van der Waals surface area contributed by atoms with E-state index in [1.807, 2.05) is 0 Å². The quantitative estimate of drug-likeness (QED) is 0.389. The molecule has 1 N–H and O–H groups in total. The Morgan fingerprint density at radius 3 is 2.45 bits per heavy atom. The van der Waals surface area contributed by atoms with E-state index in [1.165, 1.54) is 0 Å². The summed E-state index contributed by atoms with van der Waals surface area (Å²) in [5.41, 5.74) is -1.17. The number of aromatic amines is 1. The average molecular weight is 412 g/mol. The van der Waals surface area contributed by atoms with Crippen molar-refractivity contribution in [2.75, 3.05) is 6.61 Å². The molecule has 2 aromatic heterocycles. The van der Waals surface area contributed by atoms with E-state index in [9.17, 15) is 23.6 Å². The third-order valence-electron chi connectivity index (χ3n) is 4.04. The van der Waals surface area contributed by atoms with Gasteiger partial charge in [0.15, 0.2) is 29.6 Å². The minimum atomic E-state index is -1.40. The third kappa shape index (κ3) is 4.08. The number of rotatable bonds is 5. The molecular formula is C16H17FN4O8. The third-order valence-corrected chi connectivity index (χ3v) is 4.04. The van der Waals surface area contributed by atoms with Gasteiger partial charge in [-0.25, -0.2) is 4.98 Å². The molecule has 0 bridgehead atoms. The second-order valence-corrected chi connectivity index (χ2v) is 6.17. The molecule has 1 fully saturated rings. The first-order chi connectivity index (χ1) is 13.7. The Balaban J connectivity index is 2.08. The molecule has 0 aromatic carbocycles. The monoisotopic (exact) mass is 412 g/mol. The molecule has 0 saturated carbocycles. The summed E-state index contributed by atoms with van der Waals surface area (Å²) in [6.45, 7) is 3.03. The summed E-state index contributed by atoms with van der Waals surface area (Å²) in [7, 11) is 0. The van der Waals surface area contributed by atoms with E-state index < -0.39 is 54.1 Å². The molecule has 12 nitrogen and oxygen atoms in total. The molecule has 1 aliphatic rings. The van der Waals surface area contributed by atoms with E-state index in [2.05, 4.69) is 15.0 Å². The Kier molecular flexibility index (Phi) is 5.59. The van der Waals surface area contributed by atoms with E-state index in [1.54, 1.807) is 0 Å². The van der Waals surface area contributed by atoms with Crippen LogP contribution >= 0.6 is 0 Å². The van der Waals surface area contributed by atoms with Crippen molar-refractivity contribution in [2.45, 2.75) is 45.3 Å². The fourth-order valence-corrected chi connectivity index (χ4v) is 3.02. The summed E-state index contributed by atoms with van der Waals surface area (Å²) >= 11 is 0. The fraction of sp³-hybridized carbons (Fsp3) is 0.500. The van der Waals surface area contributed by atoms with Gasteiger partial charge in [-0.05, 0) is 0 Å². The number of carbonyl (C=O) groups is 3. The predicted octanol–water partition coefficient (Wildman–Crippen LogP) is -0.417. The van der Waals surface area contributed by atoms with E-state index in [0.29, 0.717) is 0 Å². The molecule has 0 unspecified atom stereocenters. The number of imidazole rings is 1. The summed E-state index contributed by atoms with van der Waals surface area (Å²) in [5, 5.41) is 0. The molecule has 4 atom stereocenters. The lowest BCUT2D eigenvalue weighted by molar-refractivity contribution is -0.166. The van der Waals surface area contributed by atoms with Gasteiger partial charge in [0.25, 0.3) is 11.6 Å². The molecule has 29 heavy (non-hydrogen) atoms. The number of halogens is 1. The van der Waals surface area contributed by atoms with Crippen LogP contribution in [0.15, 0.2) is 11.1 Å². The van der Waals surface area contributed by atoms with Crippen molar-refractivity contribution in [3.8, 4) is 0 Å². The van der Waals surface area contributed by atoms with Crippen LogP contribution in [0, 0.1) is 6.08 Å². The summed E-state index contributed by atoms with van der Waals surface area (Å²) in [6, 6.07) is 0. The Bertz CT molecular complexity index is 1020. The summed E-state index contributed by atoms with van der Waals surface area (Å²) < 4.78 is 36.5. The highest BCUT2D eigenvalue weighted by Gasteiger charge is 2.51. The number of esters is 3. The largest absolute Gasteiger partial charge is 0.463 e. The second kappa shape index (κ2) is 7.95. The van der Waals surface area contributed by atoms with E-state index in [0.717, 1.165) is 31.7 Å². The first-order valence-corrected chi connectivity index (χ1v) is 8.43. The standard InChI is InChI=1S/C16H17FN4O8/c1-6(22)26-4-9-11(27-7(2)23)12(28-8(3)24)15(29-9)21-13-10(20-16(21)17)14(25)19-5-18-13/h5,9,11-12,15H,4H2,1-3H3,(H,18,19,25)/t9-,11-,12-,15-/m1/s1. The SMILES string of the molecule is CC(=O)OC[C@H]1O[C@@H](n2c(F)nc3c(=O)[nH]cnc32)[C@H](OC(C)=O)[C@@H]1OC(C)=O. The molecule has 1 aliphatic heterocycles. The van der Waals surface area contributed by atoms with Crippen LogP contribution in [0.3, 0.4) is 0 Å². The van der Waals surface area contributed by atoms with Crippen molar-refractivity contribution < 1.29 is 37.7 Å². The maximum Gasteiger partial charge on any atom is 0.303 e. The van der Waals surface area contributed by atoms with Gasteiger partial charge in [-0.15, -0.1) is 0 Å². The molecule has 3 rings (SSSR count). The zero-order valence-electron chi connectivity index (χ0n) is 15.6. The van der Waals surface area contributed by atoms with Crippen LogP contribution in [-0.2, 0) is 33.3 Å². The Hall–Kier alpha value is -3.35. The van der Waals surface area contributed by atoms with Crippen molar-refractivity contribution in [3.05, 3.63) is 22.8 Å². The molecule has 13 heteroatoms. The lowest BCUT2D eigenvalue weighted by atomic mass is 10.1. The molecule has 0 aliphatic carbocycles. The van der Waals surface area contributed by atoms with Crippen LogP contribution in [-0.4, -0.2) is 62.3 Å². The van der Waals surface area contributed by atoms with E-state index in [4.69, 9.17) is 18.9 Å². The lowest BCUT2D eigenvalue weighted by Crippen LogP contribution is -2.40. The van der Waals surface area contributed by atoms with Gasteiger partial charge in [-0.3, -0.25) is 23.7 Å². The van der Waals surface area contributed by atoms with Gasteiger partial charge < -0.3 is 23.9 Å². The predicted molar refractivity (Wildman–Crippen MR) is 89.8 cm³/mol. The Morgan fingerprint density at radius 1 is 1.17 bits per heavy atom. The maximum atomic E-state index is 14.6. The van der Waals surface area contributed by atoms with Crippen molar-refractivity contribution >= 4 is 29.1 Å². The smallest absolute Gasteiger partial charge is 0.303 e. The number of fused-ring (bicyclic) bond motifs is 1. The van der Waals surface area contributed by atoms with Gasteiger partial charge in [-0.2, -0.15) is 9.37 Å². The first-order valence-electron chi connectivity index (χ1n) is 8.43. The van der Waals surface area contributed by atoms with Crippen LogP contribution in [0.5, 0.6) is 0 Å². The van der Waals surface area contributed by atoms with Gasteiger partial charge >= 0.3 is 17.9 Å². The van der Waals surface area contributed by atoms with Crippen LogP contribution in [0.2, 0.25) is 0 Å². The van der Waals surface area contributed by atoms with Crippen molar-refractivity contribution in [1.82, 2.24) is 19.5 Å². The normalized spacial score (nSPS) is 23.7. The van der Waals surface area contributed by atoms with Crippen LogP contribution in [0.4, 0.5) is 4.39 Å². The van der Waals surface area contributed by atoms with Crippen molar-refractivity contribution in [2.24, 2.45) is 0 Å². The number of hydrogen-bond acceptors (Lipinski definition) is 10. The Labute approximate surface area is 161 Å². The molecule has 156 valence electrons. The van der Waals surface area contributed by atoms with Gasteiger partial charge in [0.2, 0.25) is 0 Å². The summed E-state index contributed by atoms with van der Waals surface area (Å²) in [6.07, 6.45) is -5.14. The molecule has 0 radical (unpaired) electrons. The van der Waals surface area contributed by atoms with Gasteiger partial charge in [0.1, 0.15) is 12.7 Å². The highest BCUT2D eigenvalue weighted by Crippen LogP contribution is 2.36. The van der Waals surface area contributed by atoms with Crippen LogP contribution in [0.25, 0.3) is 11.2 Å². The van der Waals surface area contributed by atoms with E-state index in [-0.39, 0.29) is 17.8 Å². The maximum absolute atomic E-state index is 14.6. The molecule has 2 aromatic rings. The van der Waals surface area contributed by atoms with Gasteiger partial charge in [0, 0.05) is 20.8 Å². The second-order valence-electron chi connectivity index (χ2n) is 6.17. The number of nitrogens with one attached hydrogen (secondary N) is 1. The molecule has 0 amide bonds. The van der Waals surface area contributed by atoms with E-state index >= 15 is 0 Å². The average Bonchev–Trinajstić information content (AvgIpc) is 3.11. The molecule has 0 spiro atoms. The van der Waals surface area contributed by atoms with Crippen LogP contribution in [0.1, 0.15) is 27.0 Å². The van der Waals surface area contributed by atoms with Gasteiger partial charge in [0.05, 0.1) is 6.33 Å². The number of hydrogen-bond donors (Lipinski definition) is 1. The highest BCUT2D eigenvalue weighted by molar-refractivity contribution is 5.70. The minimum absolute atomic E-state index is 0.178. The fourth-order valence-electron chi connectivity index (χ4n) is 3.02. The Morgan fingerprint density at radius 2 is 1.83 bits per heavy atom. The lowest BCUT2D eigenvalue weighted by Gasteiger charge is -2.23. The summed E-state index contributed by atoms with van der Waals surface area (Å²) in [4.78, 5) is 55.9.